The number of carboxylic acids is 1. The van der Waals surface area contributed by atoms with Crippen molar-refractivity contribution >= 4 is 16.2 Å². The van der Waals surface area contributed by atoms with Gasteiger partial charge in [0.15, 0.2) is 0 Å². The van der Waals surface area contributed by atoms with Gasteiger partial charge in [-0.15, -0.1) is 0 Å². The van der Waals surface area contributed by atoms with Crippen LogP contribution >= 0.6 is 0 Å². The molecule has 0 aromatic carbocycles. The number of nitrogens with zero attached hydrogens (tertiary/aromatic N) is 2. The topological polar surface area (TPSA) is 98.2 Å². The Morgan fingerprint density at radius 2 is 1.94 bits per heavy atom. The summed E-state index contributed by atoms with van der Waals surface area (Å²) in [5, 5.41) is 17.5. The molecule has 0 saturated heterocycles. The monoisotopic (exact) mass is 280 g/mol. The van der Waals surface area contributed by atoms with Crippen molar-refractivity contribution in [3.8, 4) is 0 Å². The molecule has 1 saturated carbocycles. The maximum Gasteiger partial charge on any atom is 0.304 e. The van der Waals surface area contributed by atoms with Crippen molar-refractivity contribution in [1.29, 1.82) is 0 Å². The smallest absolute Gasteiger partial charge is 0.304 e. The number of aliphatic carboxylic acids is 1. The van der Waals surface area contributed by atoms with Crippen LogP contribution in [0.15, 0.2) is 0 Å². The molecule has 0 heterocycles. The first kappa shape index (κ1) is 15.4. The molecule has 1 aliphatic rings. The lowest BCUT2D eigenvalue weighted by Crippen LogP contribution is -2.51. The molecule has 0 amide bonds. The summed E-state index contributed by atoms with van der Waals surface area (Å²) in [6.07, 6.45) is 2.35. The summed E-state index contributed by atoms with van der Waals surface area (Å²) in [7, 11) is -2.31. The zero-order valence-electron chi connectivity index (χ0n) is 10.4. The van der Waals surface area contributed by atoms with Crippen molar-refractivity contribution in [3.05, 3.63) is 0 Å². The van der Waals surface area contributed by atoms with Crippen LogP contribution in [0.4, 0.5) is 0 Å². The first-order valence-corrected chi connectivity index (χ1v) is 7.35. The molecule has 1 aliphatic carbocycles. The van der Waals surface area contributed by atoms with E-state index < -0.39 is 16.2 Å². The van der Waals surface area contributed by atoms with Crippen LogP contribution in [-0.4, -0.2) is 66.0 Å². The molecular weight excluding hydrogens is 260 g/mol. The first-order valence-electron chi connectivity index (χ1n) is 5.95. The molecule has 0 radical (unpaired) electrons. The van der Waals surface area contributed by atoms with Crippen molar-refractivity contribution in [1.82, 2.24) is 8.61 Å². The van der Waals surface area contributed by atoms with Gasteiger partial charge in [-0.1, -0.05) is 6.42 Å². The fourth-order valence-electron chi connectivity index (χ4n) is 1.81. The lowest BCUT2D eigenvalue weighted by Gasteiger charge is -2.38. The maximum atomic E-state index is 12.2. The summed E-state index contributed by atoms with van der Waals surface area (Å²) in [5.41, 5.74) is 0. The van der Waals surface area contributed by atoms with Gasteiger partial charge in [0.1, 0.15) is 0 Å². The highest BCUT2D eigenvalue weighted by molar-refractivity contribution is 7.86. The summed E-state index contributed by atoms with van der Waals surface area (Å²) < 4.78 is 26.7. The minimum atomic E-state index is -3.68. The second-order valence-corrected chi connectivity index (χ2v) is 6.38. The fraction of sp³-hybridized carbons (Fsp3) is 0.900. The van der Waals surface area contributed by atoms with Crippen molar-refractivity contribution in [2.24, 2.45) is 0 Å². The number of carboxylic acid groups (broad SMARTS) is 1. The Bertz CT molecular complexity index is 380. The molecule has 7 nitrogen and oxygen atoms in total. The van der Waals surface area contributed by atoms with E-state index in [1.807, 2.05) is 0 Å². The number of rotatable bonds is 8. The van der Waals surface area contributed by atoms with Gasteiger partial charge in [0.25, 0.3) is 10.2 Å². The first-order chi connectivity index (χ1) is 8.39. The Morgan fingerprint density at radius 1 is 1.33 bits per heavy atom. The molecule has 8 heteroatoms. The molecule has 2 N–H and O–H groups in total. The van der Waals surface area contributed by atoms with Gasteiger partial charge in [-0.3, -0.25) is 4.79 Å². The van der Waals surface area contributed by atoms with Crippen molar-refractivity contribution < 1.29 is 23.4 Å². The van der Waals surface area contributed by atoms with Gasteiger partial charge in [0.05, 0.1) is 13.0 Å². The lowest BCUT2D eigenvalue weighted by atomic mass is 9.93. The van der Waals surface area contributed by atoms with E-state index in [0.717, 1.165) is 23.6 Å². The Morgan fingerprint density at radius 3 is 2.33 bits per heavy atom. The quantitative estimate of drug-likeness (QED) is 0.623. The lowest BCUT2D eigenvalue weighted by molar-refractivity contribution is -0.137. The normalized spacial score (nSPS) is 17.1. The van der Waals surface area contributed by atoms with Gasteiger partial charge < -0.3 is 10.2 Å². The number of carbonyl (C=O) groups is 1. The highest BCUT2D eigenvalue weighted by Crippen LogP contribution is 2.27. The zero-order valence-corrected chi connectivity index (χ0v) is 11.3. The molecule has 0 aromatic rings. The summed E-state index contributed by atoms with van der Waals surface area (Å²) >= 11 is 0. The van der Waals surface area contributed by atoms with Crippen molar-refractivity contribution in [2.75, 3.05) is 26.7 Å². The van der Waals surface area contributed by atoms with Crippen LogP contribution in [0, 0.1) is 0 Å². The van der Waals surface area contributed by atoms with Crippen LogP contribution in [0.2, 0.25) is 0 Å². The van der Waals surface area contributed by atoms with Gasteiger partial charge >= 0.3 is 5.97 Å². The van der Waals surface area contributed by atoms with Gasteiger partial charge in [0.2, 0.25) is 0 Å². The average Bonchev–Trinajstić information content (AvgIpc) is 2.22. The largest absolute Gasteiger partial charge is 0.481 e. The van der Waals surface area contributed by atoms with Crippen LogP contribution < -0.4 is 0 Å². The highest BCUT2D eigenvalue weighted by atomic mass is 32.2. The van der Waals surface area contributed by atoms with Crippen molar-refractivity contribution in [3.63, 3.8) is 0 Å². The van der Waals surface area contributed by atoms with Crippen LogP contribution in [0.5, 0.6) is 0 Å². The van der Waals surface area contributed by atoms with Crippen molar-refractivity contribution in [2.45, 2.75) is 31.7 Å². The molecule has 0 aromatic heterocycles. The minimum absolute atomic E-state index is 0.0599. The summed E-state index contributed by atoms with van der Waals surface area (Å²) in [6.45, 7) is -0.237. The van der Waals surface area contributed by atoms with E-state index in [9.17, 15) is 13.2 Å². The summed E-state index contributed by atoms with van der Waals surface area (Å²) in [6, 6.07) is -0.0607. The van der Waals surface area contributed by atoms with Gasteiger partial charge in [-0.2, -0.15) is 17.0 Å². The average molecular weight is 280 g/mol. The standard InChI is InChI=1S/C10H20N2O5S/c1-11(6-5-10(14)15)18(16,17)12(7-8-13)9-3-2-4-9/h9,13H,2-8H2,1H3,(H,14,15). The van der Waals surface area contributed by atoms with E-state index in [4.69, 9.17) is 10.2 Å². The van der Waals surface area contributed by atoms with Crippen LogP contribution in [0.3, 0.4) is 0 Å². The van der Waals surface area contributed by atoms with Crippen LogP contribution in [0.1, 0.15) is 25.7 Å². The third-order valence-corrected chi connectivity index (χ3v) is 5.18. The Kier molecular flexibility index (Phi) is 5.51. The molecule has 0 atom stereocenters. The van der Waals surface area contributed by atoms with Gasteiger partial charge in [0, 0.05) is 26.2 Å². The van der Waals surface area contributed by atoms with Crippen LogP contribution in [0.25, 0.3) is 0 Å². The third-order valence-electron chi connectivity index (χ3n) is 3.13. The molecule has 106 valence electrons. The van der Waals surface area contributed by atoms with Gasteiger partial charge in [-0.25, -0.2) is 0 Å². The van der Waals surface area contributed by atoms with E-state index >= 15 is 0 Å². The molecule has 0 aliphatic heterocycles. The van der Waals surface area contributed by atoms with E-state index in [1.165, 1.54) is 11.4 Å². The number of aliphatic hydroxyl groups is 1. The van der Waals surface area contributed by atoms with E-state index in [-0.39, 0.29) is 32.2 Å². The predicted molar refractivity (Wildman–Crippen MR) is 65.2 cm³/mol. The molecule has 0 spiro atoms. The van der Waals surface area contributed by atoms with E-state index in [0.29, 0.717) is 0 Å². The molecule has 18 heavy (non-hydrogen) atoms. The molecule has 0 unspecified atom stereocenters. The van der Waals surface area contributed by atoms with E-state index in [2.05, 4.69) is 0 Å². The number of hydrogen-bond acceptors (Lipinski definition) is 4. The molecular formula is C10H20N2O5S. The Labute approximate surface area is 107 Å². The minimum Gasteiger partial charge on any atom is -0.481 e. The maximum absolute atomic E-state index is 12.2. The second-order valence-electron chi connectivity index (χ2n) is 4.39. The predicted octanol–water partition coefficient (Wildman–Crippen LogP) is -0.515. The zero-order chi connectivity index (χ0) is 13.8. The number of hydrogen-bond donors (Lipinski definition) is 2. The molecule has 1 rings (SSSR count). The Hall–Kier alpha value is -0.700. The second kappa shape index (κ2) is 6.46. The SMILES string of the molecule is CN(CCC(=O)O)S(=O)(=O)N(CCO)C1CCC1. The number of aliphatic hydroxyl groups excluding tert-OH is 1. The fourth-order valence-corrected chi connectivity index (χ4v) is 3.39. The molecule has 0 bridgehead atoms. The molecule has 1 fully saturated rings. The third kappa shape index (κ3) is 3.64. The summed E-state index contributed by atoms with van der Waals surface area (Å²) in [4.78, 5) is 10.5. The summed E-state index contributed by atoms with van der Waals surface area (Å²) in [5.74, 6) is -1.03. The van der Waals surface area contributed by atoms with E-state index in [1.54, 1.807) is 0 Å². The van der Waals surface area contributed by atoms with Crippen LogP contribution in [-0.2, 0) is 15.0 Å². The highest BCUT2D eigenvalue weighted by Gasteiger charge is 2.35. The van der Waals surface area contributed by atoms with Gasteiger partial charge in [-0.05, 0) is 12.8 Å². The Balaban J connectivity index is 2.70.